The lowest BCUT2D eigenvalue weighted by molar-refractivity contribution is 0.0702. The number of rotatable bonds is 7. The first-order valence-corrected chi connectivity index (χ1v) is 8.46. The average molecular weight is 321 g/mol. The predicted octanol–water partition coefficient (Wildman–Crippen LogP) is 1.44. The molecule has 1 aromatic rings. The van der Waals surface area contributed by atoms with Crippen LogP contribution in [0.15, 0.2) is 11.0 Å². The maximum absolute atomic E-state index is 12.3. The molecule has 0 radical (unpaired) electrons. The molecule has 0 saturated carbocycles. The Hall–Kier alpha value is -0.960. The van der Waals surface area contributed by atoms with Gasteiger partial charge in [-0.25, -0.2) is 17.9 Å². The number of thiophene rings is 1. The fourth-order valence-electron chi connectivity index (χ4n) is 1.77. The zero-order valence-electron chi connectivity index (χ0n) is 11.6. The summed E-state index contributed by atoms with van der Waals surface area (Å²) in [5, 5.41) is 17.9. The molecule has 0 aliphatic carbocycles. The Balaban J connectivity index is 3.07. The Morgan fingerprint density at radius 2 is 2.05 bits per heavy atom. The molecule has 6 nitrogen and oxygen atoms in total. The number of hydrogen-bond donors (Lipinski definition) is 3. The van der Waals surface area contributed by atoms with Crippen LogP contribution in [0.25, 0.3) is 0 Å². The Kier molecular flexibility index (Phi) is 5.69. The predicted molar refractivity (Wildman–Crippen MR) is 76.7 cm³/mol. The summed E-state index contributed by atoms with van der Waals surface area (Å²) in [6, 6.07) is 0.777. The van der Waals surface area contributed by atoms with Crippen LogP contribution in [0.1, 0.15) is 34.8 Å². The summed E-state index contributed by atoms with van der Waals surface area (Å²) in [6.45, 7) is 5.16. The number of carboxylic acid groups (broad SMARTS) is 1. The van der Waals surface area contributed by atoms with E-state index in [4.69, 9.17) is 10.2 Å². The van der Waals surface area contributed by atoms with Crippen LogP contribution in [0.3, 0.4) is 0 Å². The van der Waals surface area contributed by atoms with Gasteiger partial charge in [0, 0.05) is 17.5 Å². The van der Waals surface area contributed by atoms with Gasteiger partial charge in [0.25, 0.3) is 0 Å². The first-order valence-electron chi connectivity index (χ1n) is 6.16. The minimum atomic E-state index is -3.78. The van der Waals surface area contributed by atoms with Gasteiger partial charge in [0.15, 0.2) is 0 Å². The number of aliphatic hydroxyl groups is 1. The van der Waals surface area contributed by atoms with E-state index in [2.05, 4.69) is 4.72 Å². The SMILES string of the molecule is Cc1sc(C(=O)O)cc1S(=O)(=O)NC(CCO)C(C)C. The summed E-state index contributed by atoms with van der Waals surface area (Å²) < 4.78 is 27.1. The molecule has 0 amide bonds. The smallest absolute Gasteiger partial charge is 0.345 e. The van der Waals surface area contributed by atoms with E-state index in [1.165, 1.54) is 6.07 Å². The van der Waals surface area contributed by atoms with Crippen LogP contribution in [0.5, 0.6) is 0 Å². The van der Waals surface area contributed by atoms with Crippen molar-refractivity contribution < 1.29 is 23.4 Å². The number of aromatic carboxylic acids is 1. The van der Waals surface area contributed by atoms with Gasteiger partial charge >= 0.3 is 5.97 Å². The molecule has 3 N–H and O–H groups in total. The van der Waals surface area contributed by atoms with Gasteiger partial charge in [-0.2, -0.15) is 0 Å². The van der Waals surface area contributed by atoms with E-state index < -0.39 is 22.0 Å². The summed E-state index contributed by atoms with van der Waals surface area (Å²) in [7, 11) is -3.78. The van der Waals surface area contributed by atoms with E-state index in [-0.39, 0.29) is 22.3 Å². The van der Waals surface area contributed by atoms with Crippen LogP contribution >= 0.6 is 11.3 Å². The van der Waals surface area contributed by atoms with Crippen LogP contribution in [-0.2, 0) is 10.0 Å². The first-order chi connectivity index (χ1) is 9.19. The molecular formula is C12H19NO5S2. The van der Waals surface area contributed by atoms with Crippen molar-refractivity contribution in [2.45, 2.75) is 38.1 Å². The summed E-state index contributed by atoms with van der Waals surface area (Å²) in [4.78, 5) is 11.3. The highest BCUT2D eigenvalue weighted by atomic mass is 32.2. The van der Waals surface area contributed by atoms with Crippen molar-refractivity contribution in [1.29, 1.82) is 0 Å². The number of aliphatic hydroxyl groups excluding tert-OH is 1. The van der Waals surface area contributed by atoms with E-state index >= 15 is 0 Å². The zero-order chi connectivity index (χ0) is 15.5. The summed E-state index contributed by atoms with van der Waals surface area (Å²) >= 11 is 0.930. The normalized spacial score (nSPS) is 13.7. The number of carboxylic acids is 1. The number of hydrogen-bond acceptors (Lipinski definition) is 5. The van der Waals surface area contributed by atoms with Gasteiger partial charge in [0.2, 0.25) is 10.0 Å². The number of sulfonamides is 1. The molecule has 1 rings (SSSR count). The van der Waals surface area contributed by atoms with Crippen LogP contribution in [0.4, 0.5) is 0 Å². The van der Waals surface area contributed by atoms with Crippen LogP contribution < -0.4 is 4.72 Å². The van der Waals surface area contributed by atoms with Crippen LogP contribution in [0.2, 0.25) is 0 Å². The molecule has 1 heterocycles. The second kappa shape index (κ2) is 6.66. The minimum absolute atomic E-state index is 0.00821. The topological polar surface area (TPSA) is 104 Å². The fraction of sp³-hybridized carbons (Fsp3) is 0.583. The minimum Gasteiger partial charge on any atom is -0.477 e. The summed E-state index contributed by atoms with van der Waals surface area (Å²) in [5.74, 6) is -1.12. The molecule has 1 aromatic heterocycles. The van der Waals surface area contributed by atoms with Gasteiger partial charge in [0.1, 0.15) is 4.88 Å². The summed E-state index contributed by atoms with van der Waals surface area (Å²) in [5.41, 5.74) is 0. The van der Waals surface area contributed by atoms with Crippen molar-refractivity contribution in [3.05, 3.63) is 15.8 Å². The molecule has 114 valence electrons. The highest BCUT2D eigenvalue weighted by Crippen LogP contribution is 2.26. The van der Waals surface area contributed by atoms with Crippen molar-refractivity contribution in [3.63, 3.8) is 0 Å². The molecule has 1 atom stereocenters. The number of aryl methyl sites for hydroxylation is 1. The Morgan fingerprint density at radius 1 is 1.45 bits per heavy atom. The van der Waals surface area contributed by atoms with Crippen molar-refractivity contribution in [2.75, 3.05) is 6.61 Å². The molecule has 0 bridgehead atoms. The first kappa shape index (κ1) is 17.1. The van der Waals surface area contributed by atoms with E-state index in [1.54, 1.807) is 6.92 Å². The molecule has 0 fully saturated rings. The molecule has 0 spiro atoms. The van der Waals surface area contributed by atoms with Gasteiger partial charge in [-0.3, -0.25) is 0 Å². The molecule has 20 heavy (non-hydrogen) atoms. The zero-order valence-corrected chi connectivity index (χ0v) is 13.2. The van der Waals surface area contributed by atoms with Crippen LogP contribution in [-0.4, -0.2) is 37.2 Å². The highest BCUT2D eigenvalue weighted by Gasteiger charge is 2.26. The van der Waals surface area contributed by atoms with Crippen molar-refractivity contribution in [3.8, 4) is 0 Å². The molecule has 0 saturated heterocycles. The average Bonchev–Trinajstić information content (AvgIpc) is 2.71. The second-order valence-electron chi connectivity index (χ2n) is 4.82. The van der Waals surface area contributed by atoms with Gasteiger partial charge in [-0.1, -0.05) is 13.8 Å². The van der Waals surface area contributed by atoms with E-state index in [9.17, 15) is 13.2 Å². The third kappa shape index (κ3) is 4.02. The molecule has 1 unspecified atom stereocenters. The second-order valence-corrected chi connectivity index (χ2v) is 7.76. The van der Waals surface area contributed by atoms with E-state index in [0.717, 1.165) is 11.3 Å². The Morgan fingerprint density at radius 3 is 2.45 bits per heavy atom. The third-order valence-corrected chi connectivity index (χ3v) is 5.71. The monoisotopic (exact) mass is 321 g/mol. The Labute approximate surface area is 122 Å². The number of carbonyl (C=O) groups is 1. The molecule has 0 aliphatic rings. The fourth-order valence-corrected chi connectivity index (χ4v) is 4.62. The lowest BCUT2D eigenvalue weighted by Gasteiger charge is -2.21. The van der Waals surface area contributed by atoms with Crippen molar-refractivity contribution >= 4 is 27.3 Å². The van der Waals surface area contributed by atoms with Gasteiger partial charge in [-0.15, -0.1) is 11.3 Å². The largest absolute Gasteiger partial charge is 0.477 e. The lowest BCUT2D eigenvalue weighted by atomic mass is 10.0. The highest BCUT2D eigenvalue weighted by molar-refractivity contribution is 7.89. The quantitative estimate of drug-likeness (QED) is 0.705. The van der Waals surface area contributed by atoms with Crippen molar-refractivity contribution in [1.82, 2.24) is 4.72 Å². The van der Waals surface area contributed by atoms with Crippen LogP contribution in [0, 0.1) is 12.8 Å². The summed E-state index contributed by atoms with van der Waals surface area (Å²) in [6.07, 6.45) is 0.311. The van der Waals surface area contributed by atoms with E-state index in [1.807, 2.05) is 13.8 Å². The molecule has 8 heteroatoms. The van der Waals surface area contributed by atoms with E-state index in [0.29, 0.717) is 11.3 Å². The molecular weight excluding hydrogens is 302 g/mol. The lowest BCUT2D eigenvalue weighted by Crippen LogP contribution is -2.39. The maximum atomic E-state index is 12.3. The van der Waals surface area contributed by atoms with Gasteiger partial charge in [0.05, 0.1) is 4.90 Å². The van der Waals surface area contributed by atoms with Gasteiger partial charge in [-0.05, 0) is 25.3 Å². The maximum Gasteiger partial charge on any atom is 0.345 e. The molecule has 0 aromatic carbocycles. The van der Waals surface area contributed by atoms with Crippen molar-refractivity contribution in [2.24, 2.45) is 5.92 Å². The number of nitrogens with one attached hydrogen (secondary N) is 1. The molecule has 0 aliphatic heterocycles. The Bertz CT molecular complexity index is 577. The van der Waals surface area contributed by atoms with Gasteiger partial charge < -0.3 is 10.2 Å². The standard InChI is InChI=1S/C12H19NO5S2/c1-7(2)9(4-5-14)13-20(17,18)11-6-10(12(15)16)19-8(11)3/h6-7,9,13-14H,4-5H2,1-3H3,(H,15,16). The third-order valence-electron chi connectivity index (χ3n) is 2.92.